The maximum Gasteiger partial charge on any atom is 0.416 e. The lowest BCUT2D eigenvalue weighted by Crippen LogP contribution is -2.30. The Hall–Kier alpha value is -1.95. The highest BCUT2D eigenvalue weighted by atomic mass is 32.2. The molecular formula is C17H14F3NOS. The summed E-state index contributed by atoms with van der Waals surface area (Å²) in [6, 6.07) is 12.1. The highest BCUT2D eigenvalue weighted by Gasteiger charge is 2.31. The number of hydrogen-bond acceptors (Lipinski definition) is 2. The van der Waals surface area contributed by atoms with Crippen LogP contribution in [0.4, 0.5) is 13.2 Å². The van der Waals surface area contributed by atoms with Crippen LogP contribution in [0.5, 0.6) is 0 Å². The molecule has 1 atom stereocenters. The Morgan fingerprint density at radius 3 is 2.70 bits per heavy atom. The van der Waals surface area contributed by atoms with Crippen molar-refractivity contribution in [2.45, 2.75) is 23.5 Å². The van der Waals surface area contributed by atoms with Gasteiger partial charge in [-0.25, -0.2) is 0 Å². The van der Waals surface area contributed by atoms with Crippen molar-refractivity contribution < 1.29 is 18.0 Å². The SMILES string of the molecule is O=C(N[C@H]1CCSc2ccccc21)c1cccc(C(F)(F)F)c1. The van der Waals surface area contributed by atoms with Crippen molar-refractivity contribution in [2.75, 3.05) is 5.75 Å². The first-order valence-corrected chi connectivity index (χ1v) is 8.13. The van der Waals surface area contributed by atoms with E-state index >= 15 is 0 Å². The lowest BCUT2D eigenvalue weighted by Gasteiger charge is -2.26. The number of carbonyl (C=O) groups excluding carboxylic acids is 1. The summed E-state index contributed by atoms with van der Waals surface area (Å²) >= 11 is 1.72. The van der Waals surface area contributed by atoms with Gasteiger partial charge in [0.15, 0.2) is 0 Å². The third-order valence-electron chi connectivity index (χ3n) is 3.72. The van der Waals surface area contributed by atoms with E-state index in [1.165, 1.54) is 12.1 Å². The van der Waals surface area contributed by atoms with E-state index in [1.807, 2.05) is 24.3 Å². The van der Waals surface area contributed by atoms with Crippen molar-refractivity contribution in [1.29, 1.82) is 0 Å². The van der Waals surface area contributed by atoms with E-state index in [0.29, 0.717) is 0 Å². The standard InChI is InChI=1S/C17H14F3NOS/c18-17(19,20)12-5-3-4-11(10-12)16(22)21-14-8-9-23-15-7-2-1-6-13(14)15/h1-7,10,14H,8-9H2,(H,21,22)/t14-/m0/s1. The molecule has 0 unspecified atom stereocenters. The molecule has 0 saturated heterocycles. The molecule has 2 nitrogen and oxygen atoms in total. The molecule has 6 heteroatoms. The van der Waals surface area contributed by atoms with Crippen molar-refractivity contribution in [1.82, 2.24) is 5.32 Å². The number of halogens is 3. The third kappa shape index (κ3) is 3.52. The first-order valence-electron chi connectivity index (χ1n) is 7.15. The van der Waals surface area contributed by atoms with Gasteiger partial charge in [-0.1, -0.05) is 24.3 Å². The van der Waals surface area contributed by atoms with E-state index in [4.69, 9.17) is 0 Å². The lowest BCUT2D eigenvalue weighted by atomic mass is 10.0. The topological polar surface area (TPSA) is 29.1 Å². The van der Waals surface area contributed by atoms with Crippen LogP contribution in [0.25, 0.3) is 0 Å². The summed E-state index contributed by atoms with van der Waals surface area (Å²) < 4.78 is 38.3. The molecule has 1 aliphatic heterocycles. The van der Waals surface area contributed by atoms with E-state index in [1.54, 1.807) is 11.8 Å². The molecule has 120 valence electrons. The Balaban J connectivity index is 1.81. The van der Waals surface area contributed by atoms with Crippen molar-refractivity contribution in [3.63, 3.8) is 0 Å². The Labute approximate surface area is 136 Å². The van der Waals surface area contributed by atoms with Crippen LogP contribution >= 0.6 is 11.8 Å². The molecule has 1 amide bonds. The second-order valence-electron chi connectivity index (χ2n) is 5.28. The number of fused-ring (bicyclic) bond motifs is 1. The van der Waals surface area contributed by atoms with E-state index in [9.17, 15) is 18.0 Å². The van der Waals surface area contributed by atoms with Crippen LogP contribution in [0, 0.1) is 0 Å². The van der Waals surface area contributed by atoms with Gasteiger partial charge in [0.2, 0.25) is 0 Å². The summed E-state index contributed by atoms with van der Waals surface area (Å²) in [5.41, 5.74) is 0.226. The molecule has 2 aromatic carbocycles. The fraction of sp³-hybridized carbons (Fsp3) is 0.235. The van der Waals surface area contributed by atoms with E-state index in [-0.39, 0.29) is 11.6 Å². The lowest BCUT2D eigenvalue weighted by molar-refractivity contribution is -0.137. The molecule has 0 spiro atoms. The van der Waals surface area contributed by atoms with E-state index in [2.05, 4.69) is 5.32 Å². The van der Waals surface area contributed by atoms with E-state index in [0.717, 1.165) is 34.8 Å². The molecule has 0 aliphatic carbocycles. The molecule has 1 N–H and O–H groups in total. The molecule has 0 aromatic heterocycles. The molecule has 3 rings (SSSR count). The molecule has 0 radical (unpaired) electrons. The van der Waals surface area contributed by atoms with Crippen molar-refractivity contribution in [3.05, 3.63) is 65.2 Å². The van der Waals surface area contributed by atoms with Gasteiger partial charge in [-0.3, -0.25) is 4.79 Å². The second-order valence-corrected chi connectivity index (χ2v) is 6.42. The maximum absolute atomic E-state index is 12.8. The quantitative estimate of drug-likeness (QED) is 0.863. The summed E-state index contributed by atoms with van der Waals surface area (Å²) in [7, 11) is 0. The number of carbonyl (C=O) groups is 1. The Morgan fingerprint density at radius 1 is 1.13 bits per heavy atom. The Kier molecular flexibility index (Phi) is 4.35. The number of hydrogen-bond donors (Lipinski definition) is 1. The van der Waals surface area contributed by atoms with Crippen LogP contribution in [0.1, 0.15) is 33.9 Å². The van der Waals surface area contributed by atoms with E-state index < -0.39 is 17.6 Å². The molecule has 1 aliphatic rings. The van der Waals surface area contributed by atoms with Crippen LogP contribution in [-0.2, 0) is 6.18 Å². The fourth-order valence-corrected chi connectivity index (χ4v) is 3.70. The summed E-state index contributed by atoms with van der Waals surface area (Å²) in [6.07, 6.45) is -3.70. The number of rotatable bonds is 2. The zero-order chi connectivity index (χ0) is 16.4. The molecule has 0 bridgehead atoms. The zero-order valence-electron chi connectivity index (χ0n) is 12.1. The third-order valence-corrected chi connectivity index (χ3v) is 4.84. The molecule has 1 heterocycles. The average molecular weight is 337 g/mol. The molecular weight excluding hydrogens is 323 g/mol. The van der Waals surface area contributed by atoms with Gasteiger partial charge in [-0.15, -0.1) is 11.8 Å². The molecule has 0 fully saturated rings. The number of nitrogens with one attached hydrogen (secondary N) is 1. The zero-order valence-corrected chi connectivity index (χ0v) is 12.9. The van der Waals surface area contributed by atoms with Crippen molar-refractivity contribution >= 4 is 17.7 Å². The predicted octanol–water partition coefficient (Wildman–Crippen LogP) is 4.67. The number of alkyl halides is 3. The normalized spacial score (nSPS) is 17.4. The predicted molar refractivity (Wildman–Crippen MR) is 83.4 cm³/mol. The van der Waals surface area contributed by atoms with Crippen LogP contribution in [0.3, 0.4) is 0 Å². The van der Waals surface area contributed by atoms with Gasteiger partial charge in [0.1, 0.15) is 0 Å². The Morgan fingerprint density at radius 2 is 1.91 bits per heavy atom. The number of benzene rings is 2. The van der Waals surface area contributed by atoms with Crippen LogP contribution in [-0.4, -0.2) is 11.7 Å². The molecule has 0 saturated carbocycles. The average Bonchev–Trinajstić information content (AvgIpc) is 2.54. The number of amides is 1. The second kappa shape index (κ2) is 6.28. The minimum absolute atomic E-state index is 0.0236. The fourth-order valence-electron chi connectivity index (χ4n) is 2.57. The Bertz CT molecular complexity index is 730. The van der Waals surface area contributed by atoms with Gasteiger partial charge in [-0.2, -0.15) is 13.2 Å². The minimum Gasteiger partial charge on any atom is -0.345 e. The monoisotopic (exact) mass is 337 g/mol. The summed E-state index contributed by atoms with van der Waals surface area (Å²) in [5, 5.41) is 2.85. The molecule has 23 heavy (non-hydrogen) atoms. The molecule has 2 aromatic rings. The summed E-state index contributed by atoms with van der Waals surface area (Å²) in [5.74, 6) is 0.382. The highest BCUT2D eigenvalue weighted by Crippen LogP contribution is 2.36. The highest BCUT2D eigenvalue weighted by molar-refractivity contribution is 7.99. The van der Waals surface area contributed by atoms with Gasteiger partial charge in [0.25, 0.3) is 5.91 Å². The first kappa shape index (κ1) is 15.9. The van der Waals surface area contributed by atoms with Gasteiger partial charge in [0.05, 0.1) is 11.6 Å². The van der Waals surface area contributed by atoms with Gasteiger partial charge in [0, 0.05) is 16.2 Å². The number of thioether (sulfide) groups is 1. The summed E-state index contributed by atoms with van der Waals surface area (Å²) in [4.78, 5) is 13.4. The smallest absolute Gasteiger partial charge is 0.345 e. The van der Waals surface area contributed by atoms with Crippen LogP contribution in [0.2, 0.25) is 0 Å². The maximum atomic E-state index is 12.8. The van der Waals surface area contributed by atoms with Crippen LogP contribution < -0.4 is 5.32 Å². The largest absolute Gasteiger partial charge is 0.416 e. The van der Waals surface area contributed by atoms with Crippen molar-refractivity contribution in [2.24, 2.45) is 0 Å². The van der Waals surface area contributed by atoms with Gasteiger partial charge >= 0.3 is 6.18 Å². The van der Waals surface area contributed by atoms with Crippen molar-refractivity contribution in [3.8, 4) is 0 Å². The summed E-state index contributed by atoms with van der Waals surface area (Å²) in [6.45, 7) is 0. The minimum atomic E-state index is -4.45. The van der Waals surface area contributed by atoms with Gasteiger partial charge in [-0.05, 0) is 36.2 Å². The van der Waals surface area contributed by atoms with Gasteiger partial charge < -0.3 is 5.32 Å². The first-order chi connectivity index (χ1) is 10.9. The van der Waals surface area contributed by atoms with Crippen LogP contribution in [0.15, 0.2) is 53.4 Å².